The fourth-order valence-electron chi connectivity index (χ4n) is 3.43. The van der Waals surface area contributed by atoms with Gasteiger partial charge in [0.2, 0.25) is 5.76 Å². The second-order valence-corrected chi connectivity index (χ2v) is 6.08. The van der Waals surface area contributed by atoms with Crippen LogP contribution >= 0.6 is 0 Å². The molecule has 0 fully saturated rings. The minimum atomic E-state index is -0.575. The first-order valence-electron chi connectivity index (χ1n) is 8.12. The molecule has 1 atom stereocenters. The lowest BCUT2D eigenvalue weighted by molar-refractivity contribution is 0.0640. The third kappa shape index (κ3) is 2.15. The van der Waals surface area contributed by atoms with Crippen LogP contribution in [-0.2, 0) is 6.42 Å². The third-order valence-electron chi connectivity index (χ3n) is 4.63. The maximum atomic E-state index is 14.1. The van der Waals surface area contributed by atoms with E-state index in [-0.39, 0.29) is 17.5 Å². The Morgan fingerprint density at radius 2 is 2.31 bits per heavy atom. The molecule has 1 aliphatic heterocycles. The number of nitrogens with zero attached hydrogens (tertiary/aromatic N) is 3. The summed E-state index contributed by atoms with van der Waals surface area (Å²) in [6, 6.07) is 5.70. The first-order chi connectivity index (χ1) is 12.7. The Morgan fingerprint density at radius 1 is 1.38 bits per heavy atom. The molecule has 0 unspecified atom stereocenters. The van der Waals surface area contributed by atoms with Crippen LogP contribution < -0.4 is 0 Å². The van der Waals surface area contributed by atoms with Gasteiger partial charge in [-0.3, -0.25) is 4.79 Å². The standard InChI is InChI=1S/C18H13FN4O3/c19-11-2-1-3-13-10(11)6-14(26-13)17-16-12(21-8-22-16)4-5-23(17)18(24)15-7-20-9-25-15/h1-3,6-9,17H,4-5H2,(H,21,22)/t17-/m0/s1. The van der Waals surface area contributed by atoms with Crippen LogP contribution in [0.1, 0.15) is 33.7 Å². The highest BCUT2D eigenvalue weighted by atomic mass is 19.1. The number of imidazole rings is 1. The predicted octanol–water partition coefficient (Wildman–Crippen LogP) is 3.07. The molecule has 26 heavy (non-hydrogen) atoms. The summed E-state index contributed by atoms with van der Waals surface area (Å²) in [6.45, 7) is 0.443. The topological polar surface area (TPSA) is 88.2 Å². The molecule has 4 aromatic rings. The quantitative estimate of drug-likeness (QED) is 0.599. The van der Waals surface area contributed by atoms with Crippen molar-refractivity contribution in [2.45, 2.75) is 12.5 Å². The van der Waals surface area contributed by atoms with Gasteiger partial charge in [-0.25, -0.2) is 14.4 Å². The molecule has 1 aliphatic rings. The Balaban J connectivity index is 1.66. The molecule has 0 bridgehead atoms. The number of furan rings is 1. The monoisotopic (exact) mass is 352 g/mol. The lowest BCUT2D eigenvalue weighted by Crippen LogP contribution is -2.40. The van der Waals surface area contributed by atoms with E-state index in [1.165, 1.54) is 18.7 Å². The molecule has 7 nitrogen and oxygen atoms in total. The van der Waals surface area contributed by atoms with Crippen molar-refractivity contribution >= 4 is 16.9 Å². The zero-order chi connectivity index (χ0) is 17.7. The molecule has 1 N–H and O–H groups in total. The van der Waals surface area contributed by atoms with Crippen molar-refractivity contribution in [2.24, 2.45) is 0 Å². The molecule has 1 aromatic carbocycles. The number of aromatic amines is 1. The minimum Gasteiger partial charge on any atom is -0.458 e. The molecule has 5 rings (SSSR count). The number of carbonyl (C=O) groups excluding carboxylic acids is 1. The first kappa shape index (κ1) is 14.9. The van der Waals surface area contributed by atoms with Crippen LogP contribution in [-0.4, -0.2) is 32.3 Å². The van der Waals surface area contributed by atoms with Gasteiger partial charge in [-0.1, -0.05) is 6.07 Å². The summed E-state index contributed by atoms with van der Waals surface area (Å²) in [5, 5.41) is 0.372. The van der Waals surface area contributed by atoms with Gasteiger partial charge in [0.05, 0.1) is 23.6 Å². The van der Waals surface area contributed by atoms with Crippen molar-refractivity contribution in [3.63, 3.8) is 0 Å². The number of fused-ring (bicyclic) bond motifs is 2. The van der Waals surface area contributed by atoms with E-state index in [0.29, 0.717) is 35.4 Å². The molecule has 4 heterocycles. The molecule has 1 amide bonds. The predicted molar refractivity (Wildman–Crippen MR) is 87.8 cm³/mol. The minimum absolute atomic E-state index is 0.135. The lowest BCUT2D eigenvalue weighted by atomic mass is 10.00. The van der Waals surface area contributed by atoms with Crippen LogP contribution in [0.4, 0.5) is 4.39 Å². The normalized spacial score (nSPS) is 16.8. The van der Waals surface area contributed by atoms with E-state index < -0.39 is 6.04 Å². The summed E-state index contributed by atoms with van der Waals surface area (Å²) in [5.41, 5.74) is 2.04. The van der Waals surface area contributed by atoms with E-state index in [4.69, 9.17) is 8.83 Å². The SMILES string of the molecule is O=C(c1cnco1)N1CCc2[nH]cnc2[C@@H]1c1cc2c(F)cccc2o1. The average Bonchev–Trinajstić information content (AvgIpc) is 3.39. The van der Waals surface area contributed by atoms with Gasteiger partial charge in [0.15, 0.2) is 6.39 Å². The number of nitrogens with one attached hydrogen (secondary N) is 1. The molecule has 0 aliphatic carbocycles. The van der Waals surface area contributed by atoms with Gasteiger partial charge in [-0.2, -0.15) is 0 Å². The highest BCUT2D eigenvalue weighted by Gasteiger charge is 2.37. The van der Waals surface area contributed by atoms with Gasteiger partial charge in [0.25, 0.3) is 5.91 Å². The summed E-state index contributed by atoms with van der Waals surface area (Å²) in [5.74, 6) is -0.104. The Hall–Kier alpha value is -3.42. The molecule has 8 heteroatoms. The van der Waals surface area contributed by atoms with Gasteiger partial charge < -0.3 is 18.7 Å². The summed E-state index contributed by atoms with van der Waals surface area (Å²) in [4.78, 5) is 25.8. The summed E-state index contributed by atoms with van der Waals surface area (Å²) < 4.78 is 25.1. The summed E-state index contributed by atoms with van der Waals surface area (Å²) in [6.07, 6.45) is 4.80. The highest BCUT2D eigenvalue weighted by Crippen LogP contribution is 2.37. The maximum Gasteiger partial charge on any atom is 0.292 e. The zero-order valence-electron chi connectivity index (χ0n) is 13.5. The second-order valence-electron chi connectivity index (χ2n) is 6.08. The third-order valence-corrected chi connectivity index (χ3v) is 4.63. The van der Waals surface area contributed by atoms with Gasteiger partial charge in [0.1, 0.15) is 23.2 Å². The number of oxazole rings is 1. The number of carbonyl (C=O) groups is 1. The van der Waals surface area contributed by atoms with Crippen LogP contribution in [0.5, 0.6) is 0 Å². The largest absolute Gasteiger partial charge is 0.458 e. The number of amides is 1. The van der Waals surface area contributed by atoms with Gasteiger partial charge >= 0.3 is 0 Å². The summed E-state index contributed by atoms with van der Waals surface area (Å²) >= 11 is 0. The number of hydrogen-bond donors (Lipinski definition) is 1. The average molecular weight is 352 g/mol. The van der Waals surface area contributed by atoms with Crippen molar-refractivity contribution < 1.29 is 18.0 Å². The lowest BCUT2D eigenvalue weighted by Gasteiger charge is -2.32. The van der Waals surface area contributed by atoms with E-state index in [0.717, 1.165) is 5.69 Å². The Kier molecular flexibility index (Phi) is 3.18. The molecule has 0 saturated heterocycles. The Labute approximate surface area is 146 Å². The van der Waals surface area contributed by atoms with Crippen LogP contribution in [0.3, 0.4) is 0 Å². The van der Waals surface area contributed by atoms with Gasteiger partial charge in [0, 0.05) is 18.7 Å². The zero-order valence-corrected chi connectivity index (χ0v) is 13.5. The van der Waals surface area contributed by atoms with Crippen molar-refractivity contribution in [2.75, 3.05) is 6.54 Å². The number of rotatable bonds is 2. The van der Waals surface area contributed by atoms with Crippen molar-refractivity contribution in [1.82, 2.24) is 19.9 Å². The van der Waals surface area contributed by atoms with Crippen molar-refractivity contribution in [3.8, 4) is 0 Å². The summed E-state index contributed by atoms with van der Waals surface area (Å²) in [7, 11) is 0. The van der Waals surface area contributed by atoms with Gasteiger partial charge in [-0.05, 0) is 18.2 Å². The molecule has 130 valence electrons. The molecular formula is C18H13FN4O3. The van der Waals surface area contributed by atoms with E-state index in [9.17, 15) is 9.18 Å². The maximum absolute atomic E-state index is 14.1. The molecule has 0 saturated carbocycles. The molecule has 0 radical (unpaired) electrons. The van der Waals surface area contributed by atoms with Crippen LogP contribution in [0.2, 0.25) is 0 Å². The first-order valence-corrected chi connectivity index (χ1v) is 8.12. The Bertz CT molecular complexity index is 1100. The molecule has 3 aromatic heterocycles. The van der Waals surface area contributed by atoms with Crippen LogP contribution in [0.15, 0.2) is 52.0 Å². The Morgan fingerprint density at radius 3 is 3.12 bits per heavy atom. The molecule has 0 spiro atoms. The van der Waals surface area contributed by atoms with Crippen molar-refractivity contribution in [3.05, 3.63) is 71.9 Å². The van der Waals surface area contributed by atoms with Gasteiger partial charge in [-0.15, -0.1) is 0 Å². The van der Waals surface area contributed by atoms with Crippen LogP contribution in [0.25, 0.3) is 11.0 Å². The fraction of sp³-hybridized carbons (Fsp3) is 0.167. The fourth-order valence-corrected chi connectivity index (χ4v) is 3.43. The second kappa shape index (κ2) is 5.55. The van der Waals surface area contributed by atoms with E-state index in [1.54, 1.807) is 29.4 Å². The van der Waals surface area contributed by atoms with Crippen LogP contribution in [0, 0.1) is 5.82 Å². The van der Waals surface area contributed by atoms with E-state index in [2.05, 4.69) is 15.0 Å². The van der Waals surface area contributed by atoms with E-state index in [1.807, 2.05) is 0 Å². The van der Waals surface area contributed by atoms with E-state index >= 15 is 0 Å². The highest BCUT2D eigenvalue weighted by molar-refractivity contribution is 5.92. The number of H-pyrrole nitrogens is 1. The number of aromatic nitrogens is 3. The van der Waals surface area contributed by atoms with Crippen molar-refractivity contribution in [1.29, 1.82) is 0 Å². The smallest absolute Gasteiger partial charge is 0.292 e. The number of halogens is 1. The molecular weight excluding hydrogens is 339 g/mol. The number of hydrogen-bond acceptors (Lipinski definition) is 5. The number of benzene rings is 1.